The lowest BCUT2D eigenvalue weighted by Gasteiger charge is -2.39. The van der Waals surface area contributed by atoms with Gasteiger partial charge in [0.15, 0.2) is 4.60 Å². The van der Waals surface area contributed by atoms with E-state index in [9.17, 15) is 0 Å². The lowest BCUT2D eigenvalue weighted by atomic mass is 10.0. The smallest absolute Gasteiger partial charge is 0.153 e. The maximum Gasteiger partial charge on any atom is 0.153 e. The van der Waals surface area contributed by atoms with Crippen LogP contribution < -0.4 is 5.32 Å². The molecule has 1 aromatic rings. The molecule has 1 N–H and O–H groups in total. The van der Waals surface area contributed by atoms with E-state index in [0.29, 0.717) is 6.04 Å². The molecule has 2 atom stereocenters. The summed E-state index contributed by atoms with van der Waals surface area (Å²) in [7, 11) is 8.33. The van der Waals surface area contributed by atoms with Gasteiger partial charge in [-0.3, -0.25) is 0 Å². The van der Waals surface area contributed by atoms with Crippen LogP contribution >= 0.6 is 15.9 Å². The Hall–Kier alpha value is -0.500. The van der Waals surface area contributed by atoms with Crippen molar-refractivity contribution in [1.82, 2.24) is 30.1 Å². The minimum Gasteiger partial charge on any atom is -0.312 e. The number of hydrogen-bond donors (Lipinski definition) is 1. The molecule has 0 spiro atoms. The van der Waals surface area contributed by atoms with Crippen molar-refractivity contribution in [2.24, 2.45) is 7.05 Å². The summed E-state index contributed by atoms with van der Waals surface area (Å²) in [6.45, 7) is 3.38. The highest BCUT2D eigenvalue weighted by molar-refractivity contribution is 9.10. The number of hydrogen-bond acceptors (Lipinski definition) is 5. The molecule has 108 valence electrons. The Bertz CT molecular complexity index is 401. The van der Waals surface area contributed by atoms with Gasteiger partial charge in [-0.1, -0.05) is 5.21 Å². The van der Waals surface area contributed by atoms with Crippen LogP contribution in [0.15, 0.2) is 4.60 Å². The summed E-state index contributed by atoms with van der Waals surface area (Å²) < 4.78 is 2.68. The predicted octanol–water partition coefficient (Wildman–Crippen LogP) is 0.474. The Morgan fingerprint density at radius 2 is 2.11 bits per heavy atom. The van der Waals surface area contributed by atoms with Gasteiger partial charge in [0.25, 0.3) is 0 Å². The average Bonchev–Trinajstić information content (AvgIpc) is 2.71. The molecule has 7 heteroatoms. The first-order valence-electron chi connectivity index (χ1n) is 6.64. The van der Waals surface area contributed by atoms with Crippen LogP contribution in [-0.2, 0) is 7.05 Å². The molecule has 0 radical (unpaired) electrons. The van der Waals surface area contributed by atoms with E-state index < -0.39 is 0 Å². The van der Waals surface area contributed by atoms with Crippen molar-refractivity contribution < 1.29 is 0 Å². The molecule has 0 bridgehead atoms. The Kier molecular flexibility index (Phi) is 4.94. The van der Waals surface area contributed by atoms with E-state index in [1.54, 1.807) is 0 Å². The first-order valence-corrected chi connectivity index (χ1v) is 7.43. The van der Waals surface area contributed by atoms with E-state index in [4.69, 9.17) is 0 Å². The second kappa shape index (κ2) is 6.30. The second-order valence-corrected chi connectivity index (χ2v) is 6.11. The largest absolute Gasteiger partial charge is 0.312 e. The molecule has 1 aliphatic heterocycles. The lowest BCUT2D eigenvalue weighted by molar-refractivity contribution is 0.101. The highest BCUT2D eigenvalue weighted by Gasteiger charge is 2.28. The summed E-state index contributed by atoms with van der Waals surface area (Å²) in [6, 6.07) is 0.811. The van der Waals surface area contributed by atoms with Crippen LogP contribution in [0.5, 0.6) is 0 Å². The standard InChI is InChI=1S/C12H23BrN6/c1-14-10(11-12(13)15-16-19(11)4)7-9-8-17(2)5-6-18(9)3/h9-10,14H,5-8H2,1-4H3. The molecule has 2 heterocycles. The lowest BCUT2D eigenvalue weighted by Crippen LogP contribution is -2.51. The van der Waals surface area contributed by atoms with Gasteiger partial charge in [-0.05, 0) is 43.5 Å². The molecule has 0 amide bonds. The minimum atomic E-state index is 0.258. The van der Waals surface area contributed by atoms with Gasteiger partial charge in [-0.25, -0.2) is 4.68 Å². The number of likely N-dealkylation sites (N-methyl/N-ethyl adjacent to an activating group) is 2. The van der Waals surface area contributed by atoms with Crippen molar-refractivity contribution in [3.05, 3.63) is 10.3 Å². The average molecular weight is 331 g/mol. The van der Waals surface area contributed by atoms with Gasteiger partial charge in [-0.15, -0.1) is 5.10 Å². The number of halogens is 1. The Morgan fingerprint density at radius 3 is 2.68 bits per heavy atom. The van der Waals surface area contributed by atoms with Crippen LogP contribution in [0.3, 0.4) is 0 Å². The first-order chi connectivity index (χ1) is 9.02. The molecule has 1 saturated heterocycles. The van der Waals surface area contributed by atoms with Crippen LogP contribution in [0.25, 0.3) is 0 Å². The molecule has 1 aromatic heterocycles. The van der Waals surface area contributed by atoms with Gasteiger partial charge in [-0.2, -0.15) is 0 Å². The summed E-state index contributed by atoms with van der Waals surface area (Å²) in [6.07, 6.45) is 1.05. The topological polar surface area (TPSA) is 49.2 Å². The number of piperazine rings is 1. The number of aromatic nitrogens is 3. The van der Waals surface area contributed by atoms with Gasteiger partial charge in [0.05, 0.1) is 11.7 Å². The Labute approximate surface area is 123 Å². The molecule has 2 unspecified atom stereocenters. The van der Waals surface area contributed by atoms with Crippen LogP contribution in [-0.4, -0.2) is 71.6 Å². The van der Waals surface area contributed by atoms with Gasteiger partial charge in [0, 0.05) is 32.7 Å². The van der Waals surface area contributed by atoms with E-state index in [2.05, 4.69) is 55.5 Å². The van der Waals surface area contributed by atoms with Crippen molar-refractivity contribution >= 4 is 15.9 Å². The molecule has 6 nitrogen and oxygen atoms in total. The van der Waals surface area contributed by atoms with Crippen LogP contribution in [0.1, 0.15) is 18.2 Å². The van der Waals surface area contributed by atoms with Crippen LogP contribution in [0, 0.1) is 0 Å². The van der Waals surface area contributed by atoms with Crippen molar-refractivity contribution in [3.8, 4) is 0 Å². The Balaban J connectivity index is 2.10. The van der Waals surface area contributed by atoms with Crippen molar-refractivity contribution in [2.45, 2.75) is 18.5 Å². The molecule has 0 saturated carbocycles. The van der Waals surface area contributed by atoms with E-state index in [-0.39, 0.29) is 6.04 Å². The van der Waals surface area contributed by atoms with E-state index in [0.717, 1.165) is 36.4 Å². The van der Waals surface area contributed by atoms with Gasteiger partial charge >= 0.3 is 0 Å². The number of nitrogens with one attached hydrogen (secondary N) is 1. The van der Waals surface area contributed by atoms with Crippen molar-refractivity contribution in [3.63, 3.8) is 0 Å². The molecular formula is C12H23BrN6. The zero-order chi connectivity index (χ0) is 14.0. The van der Waals surface area contributed by atoms with Gasteiger partial charge in [0.2, 0.25) is 0 Å². The monoisotopic (exact) mass is 330 g/mol. The maximum atomic E-state index is 4.08. The SMILES string of the molecule is CNC(CC1CN(C)CCN1C)c1c(Br)nnn1C. The van der Waals surface area contributed by atoms with Crippen molar-refractivity contribution in [1.29, 1.82) is 0 Å². The predicted molar refractivity (Wildman–Crippen MR) is 79.0 cm³/mol. The number of rotatable bonds is 4. The normalized spacial score (nSPS) is 23.7. The minimum absolute atomic E-state index is 0.258. The van der Waals surface area contributed by atoms with Crippen LogP contribution in [0.2, 0.25) is 0 Å². The first kappa shape index (κ1) is 14.9. The van der Waals surface area contributed by atoms with Crippen LogP contribution in [0.4, 0.5) is 0 Å². The van der Waals surface area contributed by atoms with E-state index >= 15 is 0 Å². The fourth-order valence-corrected chi connectivity index (χ4v) is 3.31. The number of aryl methyl sites for hydroxylation is 1. The third kappa shape index (κ3) is 3.34. The third-order valence-corrected chi connectivity index (χ3v) is 4.56. The summed E-state index contributed by atoms with van der Waals surface area (Å²) in [5.74, 6) is 0. The fourth-order valence-electron chi connectivity index (χ4n) is 2.70. The summed E-state index contributed by atoms with van der Waals surface area (Å²) >= 11 is 3.49. The molecule has 2 rings (SSSR count). The van der Waals surface area contributed by atoms with Gasteiger partial charge < -0.3 is 15.1 Å². The highest BCUT2D eigenvalue weighted by Crippen LogP contribution is 2.26. The second-order valence-electron chi connectivity index (χ2n) is 5.36. The van der Waals surface area contributed by atoms with E-state index in [1.807, 2.05) is 18.8 Å². The van der Waals surface area contributed by atoms with Gasteiger partial charge in [0.1, 0.15) is 0 Å². The zero-order valence-corrected chi connectivity index (χ0v) is 13.7. The Morgan fingerprint density at radius 1 is 1.37 bits per heavy atom. The highest BCUT2D eigenvalue weighted by atomic mass is 79.9. The molecule has 19 heavy (non-hydrogen) atoms. The summed E-state index contributed by atoms with van der Waals surface area (Å²) in [5, 5.41) is 11.5. The summed E-state index contributed by atoms with van der Waals surface area (Å²) in [5.41, 5.74) is 1.11. The molecule has 1 aliphatic rings. The van der Waals surface area contributed by atoms with E-state index in [1.165, 1.54) is 0 Å². The molecule has 1 fully saturated rings. The molecule has 0 aromatic carbocycles. The number of nitrogens with zero attached hydrogens (tertiary/aromatic N) is 5. The molecular weight excluding hydrogens is 308 g/mol. The maximum absolute atomic E-state index is 4.08. The van der Waals surface area contributed by atoms with Crippen molar-refractivity contribution in [2.75, 3.05) is 40.8 Å². The third-order valence-electron chi connectivity index (χ3n) is 3.99. The zero-order valence-electron chi connectivity index (χ0n) is 12.1. The fraction of sp³-hybridized carbons (Fsp3) is 0.833. The molecule has 0 aliphatic carbocycles. The quantitative estimate of drug-likeness (QED) is 0.869. The summed E-state index contributed by atoms with van der Waals surface area (Å²) in [4.78, 5) is 4.84.